The van der Waals surface area contributed by atoms with Crippen molar-refractivity contribution in [1.29, 1.82) is 0 Å². The van der Waals surface area contributed by atoms with E-state index in [0.29, 0.717) is 16.8 Å². The molecule has 20 heavy (non-hydrogen) atoms. The number of amides is 2. The van der Waals surface area contributed by atoms with Crippen LogP contribution in [-0.4, -0.2) is 16.7 Å². The second-order valence-electron chi connectivity index (χ2n) is 4.51. The molecule has 0 N–H and O–H groups in total. The molecule has 1 aliphatic carbocycles. The summed E-state index contributed by atoms with van der Waals surface area (Å²) in [4.78, 5) is 25.9. The molecular weight excluding hydrogens is 250 g/mol. The van der Waals surface area contributed by atoms with Crippen LogP contribution in [0.4, 0.5) is 0 Å². The molecule has 0 saturated carbocycles. The lowest BCUT2D eigenvalue weighted by molar-refractivity contribution is 0.0710. The molecular formula is C17H11NO2. The Bertz CT molecular complexity index is 748. The quantitative estimate of drug-likeness (QED) is 0.575. The molecule has 0 radical (unpaired) electrons. The lowest BCUT2D eigenvalue weighted by atomic mass is 10.1. The van der Waals surface area contributed by atoms with Gasteiger partial charge in [-0.25, -0.2) is 4.90 Å². The van der Waals surface area contributed by atoms with Crippen molar-refractivity contribution in [2.24, 2.45) is 0 Å². The van der Waals surface area contributed by atoms with Crippen molar-refractivity contribution in [1.82, 2.24) is 4.90 Å². The molecule has 3 heteroatoms. The molecule has 0 atom stereocenters. The summed E-state index contributed by atoms with van der Waals surface area (Å²) >= 11 is 0. The van der Waals surface area contributed by atoms with E-state index in [2.05, 4.69) is 11.5 Å². The van der Waals surface area contributed by atoms with Crippen molar-refractivity contribution in [3.63, 3.8) is 0 Å². The minimum atomic E-state index is -0.308. The Morgan fingerprint density at radius 2 is 1.50 bits per heavy atom. The van der Waals surface area contributed by atoms with E-state index >= 15 is 0 Å². The molecule has 1 heterocycles. The van der Waals surface area contributed by atoms with Crippen LogP contribution in [0.5, 0.6) is 0 Å². The maximum atomic E-state index is 12.3. The van der Waals surface area contributed by atoms with Gasteiger partial charge in [-0.15, -0.1) is 5.73 Å². The number of nitrogens with zero attached hydrogens (tertiary/aromatic N) is 1. The topological polar surface area (TPSA) is 37.4 Å². The number of carbonyl (C=O) groups is 2. The normalized spacial score (nSPS) is 18.4. The van der Waals surface area contributed by atoms with Crippen LogP contribution in [0.25, 0.3) is 0 Å². The maximum absolute atomic E-state index is 12.3. The highest BCUT2D eigenvalue weighted by atomic mass is 16.2. The molecule has 3 rings (SSSR count). The summed E-state index contributed by atoms with van der Waals surface area (Å²) in [5, 5.41) is 0. The Morgan fingerprint density at radius 3 is 2.15 bits per heavy atom. The third kappa shape index (κ3) is 1.88. The molecule has 0 bridgehead atoms. The lowest BCUT2D eigenvalue weighted by Crippen LogP contribution is -2.27. The fourth-order valence-electron chi connectivity index (χ4n) is 2.15. The molecule has 3 nitrogen and oxygen atoms in total. The zero-order valence-electron chi connectivity index (χ0n) is 10.9. The van der Waals surface area contributed by atoms with Crippen LogP contribution in [0.15, 0.2) is 71.3 Å². The molecule has 0 saturated heterocycles. The third-order valence-corrected chi connectivity index (χ3v) is 3.15. The Morgan fingerprint density at radius 1 is 0.900 bits per heavy atom. The molecule has 0 spiro atoms. The smallest absolute Gasteiger partial charge is 0.266 e. The van der Waals surface area contributed by atoms with Gasteiger partial charge in [-0.2, -0.15) is 0 Å². The zero-order valence-corrected chi connectivity index (χ0v) is 10.9. The first-order chi connectivity index (χ1) is 9.68. The van der Waals surface area contributed by atoms with Gasteiger partial charge in [0.05, 0.1) is 16.8 Å². The molecule has 2 aliphatic rings. The van der Waals surface area contributed by atoms with Gasteiger partial charge in [0.25, 0.3) is 11.8 Å². The van der Waals surface area contributed by atoms with Crippen LogP contribution in [0.2, 0.25) is 0 Å². The second-order valence-corrected chi connectivity index (χ2v) is 4.51. The first-order valence-electron chi connectivity index (χ1n) is 6.23. The molecule has 0 aromatic heterocycles. The molecule has 0 unspecified atom stereocenters. The van der Waals surface area contributed by atoms with Crippen molar-refractivity contribution < 1.29 is 9.59 Å². The molecule has 1 aromatic rings. The van der Waals surface area contributed by atoms with Crippen LogP contribution >= 0.6 is 0 Å². The first-order valence-corrected chi connectivity index (χ1v) is 6.23. The summed E-state index contributed by atoms with van der Waals surface area (Å²) in [6.07, 6.45) is 6.85. The van der Waals surface area contributed by atoms with E-state index in [1.165, 1.54) is 0 Å². The Balaban J connectivity index is 2.09. The molecule has 96 valence electrons. The van der Waals surface area contributed by atoms with E-state index in [-0.39, 0.29) is 11.8 Å². The van der Waals surface area contributed by atoms with E-state index in [9.17, 15) is 9.59 Å². The molecule has 1 aliphatic heterocycles. The highest BCUT2D eigenvalue weighted by Crippen LogP contribution is 2.26. The van der Waals surface area contributed by atoms with Crippen molar-refractivity contribution in [2.75, 3.05) is 0 Å². The van der Waals surface area contributed by atoms with E-state index in [1.54, 1.807) is 48.6 Å². The van der Waals surface area contributed by atoms with Gasteiger partial charge in [0.2, 0.25) is 0 Å². The standard InChI is InChI=1S/C17H11NO2/c1-12-6-2-3-7-13(11-10-12)18-16(19)14-8-4-5-9-15(14)17(18)20/h2-5,8-11H,1H3/b11-10-. The van der Waals surface area contributed by atoms with Gasteiger partial charge in [0, 0.05) is 0 Å². The van der Waals surface area contributed by atoms with Gasteiger partial charge in [-0.1, -0.05) is 17.9 Å². The largest absolute Gasteiger partial charge is 0.268 e. The van der Waals surface area contributed by atoms with Crippen molar-refractivity contribution >= 4 is 11.8 Å². The predicted octanol–water partition coefficient (Wildman–Crippen LogP) is 2.99. The van der Waals surface area contributed by atoms with Crippen molar-refractivity contribution in [2.45, 2.75) is 6.92 Å². The SMILES string of the molecule is CC1=C=CC=C=C(N2C(=O)c3ccccc3C2=O)/C=C\1. The summed E-state index contributed by atoms with van der Waals surface area (Å²) in [6, 6.07) is 6.83. The number of carbonyl (C=O) groups excluding carboxylic acids is 2. The highest BCUT2D eigenvalue weighted by molar-refractivity contribution is 6.22. The second kappa shape index (κ2) is 4.67. The highest BCUT2D eigenvalue weighted by Gasteiger charge is 2.36. The minimum Gasteiger partial charge on any atom is -0.268 e. The van der Waals surface area contributed by atoms with Gasteiger partial charge in [-0.05, 0) is 48.9 Å². The van der Waals surface area contributed by atoms with E-state index < -0.39 is 0 Å². The average Bonchev–Trinajstić information content (AvgIpc) is 2.69. The summed E-state index contributed by atoms with van der Waals surface area (Å²) in [6.45, 7) is 1.89. The van der Waals surface area contributed by atoms with Gasteiger partial charge in [0.1, 0.15) is 0 Å². The molecule has 2 amide bonds. The lowest BCUT2D eigenvalue weighted by Gasteiger charge is -2.13. The van der Waals surface area contributed by atoms with Crippen LogP contribution in [0.1, 0.15) is 27.6 Å². The van der Waals surface area contributed by atoms with E-state index in [0.717, 1.165) is 10.5 Å². The number of benzene rings is 1. The van der Waals surface area contributed by atoms with Gasteiger partial charge in [-0.3, -0.25) is 9.59 Å². The summed E-state index contributed by atoms with van der Waals surface area (Å²) < 4.78 is 0. The molecule has 0 fully saturated rings. The summed E-state index contributed by atoms with van der Waals surface area (Å²) in [7, 11) is 0. The number of imide groups is 1. The van der Waals surface area contributed by atoms with E-state index in [1.807, 2.05) is 6.92 Å². The van der Waals surface area contributed by atoms with Gasteiger partial charge < -0.3 is 0 Å². The van der Waals surface area contributed by atoms with Crippen LogP contribution in [0, 0.1) is 0 Å². The Labute approximate surface area is 116 Å². The maximum Gasteiger partial charge on any atom is 0.266 e. The van der Waals surface area contributed by atoms with Crippen molar-refractivity contribution in [3.05, 3.63) is 82.4 Å². The summed E-state index contributed by atoms with van der Waals surface area (Å²) in [5.74, 6) is -0.616. The van der Waals surface area contributed by atoms with Crippen molar-refractivity contribution in [3.8, 4) is 0 Å². The Kier molecular flexibility index (Phi) is 2.85. The number of rotatable bonds is 1. The predicted molar refractivity (Wildman–Crippen MR) is 74.9 cm³/mol. The van der Waals surface area contributed by atoms with Crippen LogP contribution < -0.4 is 0 Å². The number of fused-ring (bicyclic) bond motifs is 1. The number of hydrogen-bond acceptors (Lipinski definition) is 2. The van der Waals surface area contributed by atoms with Crippen LogP contribution in [-0.2, 0) is 0 Å². The monoisotopic (exact) mass is 261 g/mol. The minimum absolute atomic E-state index is 0.308. The van der Waals surface area contributed by atoms with E-state index in [4.69, 9.17) is 0 Å². The first kappa shape index (κ1) is 12.2. The summed E-state index contributed by atoms with van der Waals surface area (Å²) in [5.41, 5.74) is 8.18. The molecule has 1 aromatic carbocycles. The van der Waals surface area contributed by atoms with Gasteiger partial charge in [0.15, 0.2) is 0 Å². The number of hydrogen-bond donors (Lipinski definition) is 0. The fraction of sp³-hybridized carbons (Fsp3) is 0.0588. The average molecular weight is 261 g/mol. The fourth-order valence-corrected chi connectivity index (χ4v) is 2.15. The number of allylic oxidation sites excluding steroid dienone is 3. The van der Waals surface area contributed by atoms with Gasteiger partial charge >= 0.3 is 0 Å². The zero-order chi connectivity index (χ0) is 14.1. The Hall–Kier alpha value is -2.86. The third-order valence-electron chi connectivity index (χ3n) is 3.15. The van der Waals surface area contributed by atoms with Crippen LogP contribution in [0.3, 0.4) is 0 Å².